The van der Waals surface area contributed by atoms with Crippen LogP contribution in [0.2, 0.25) is 0 Å². The van der Waals surface area contributed by atoms with Gasteiger partial charge in [0.1, 0.15) is 8.28 Å². The van der Waals surface area contributed by atoms with Crippen molar-refractivity contribution in [1.82, 2.24) is 0 Å². The number of hydrogen-bond donors (Lipinski definition) is 1. The average molecular weight is 304 g/mol. The summed E-state index contributed by atoms with van der Waals surface area (Å²) >= 11 is 10.7. The Balaban J connectivity index is 4.08. The van der Waals surface area contributed by atoms with Gasteiger partial charge in [0.2, 0.25) is 0 Å². The molecule has 104 valence electrons. The van der Waals surface area contributed by atoms with E-state index in [0.29, 0.717) is 3.53 Å². The molecule has 0 aromatic carbocycles. The molecule has 0 rings (SSSR count). The summed E-state index contributed by atoms with van der Waals surface area (Å²) in [6.45, 7) is 4.35. The van der Waals surface area contributed by atoms with E-state index in [1.165, 1.54) is 43.9 Å². The smallest absolute Gasteiger partial charge is 0.108 e. The molecular formula is C14H25NS3. The van der Waals surface area contributed by atoms with E-state index in [-0.39, 0.29) is 4.75 Å². The SMILES string of the molecule is CCCCCCCCC(C#N)(CCC)SC(=S)S. The van der Waals surface area contributed by atoms with Gasteiger partial charge in [-0.25, -0.2) is 0 Å². The van der Waals surface area contributed by atoms with Gasteiger partial charge in [-0.3, -0.25) is 0 Å². The standard InChI is InChI=1S/C14H25NS3/c1-3-5-6-7-8-9-11-14(12-15,10-4-2)18-13(16)17/h3-11H2,1-2H3,(H,16,17). The van der Waals surface area contributed by atoms with Gasteiger partial charge in [0, 0.05) is 0 Å². The van der Waals surface area contributed by atoms with Crippen LogP contribution < -0.4 is 0 Å². The van der Waals surface area contributed by atoms with Crippen molar-refractivity contribution < 1.29 is 0 Å². The second-order valence-electron chi connectivity index (χ2n) is 4.74. The van der Waals surface area contributed by atoms with E-state index in [1.54, 1.807) is 0 Å². The Morgan fingerprint density at radius 2 is 1.72 bits per heavy atom. The Kier molecular flexibility index (Phi) is 11.3. The molecule has 1 nitrogen and oxygen atoms in total. The second-order valence-corrected chi connectivity index (χ2v) is 7.85. The van der Waals surface area contributed by atoms with Crippen LogP contribution in [0.1, 0.15) is 71.6 Å². The fourth-order valence-electron chi connectivity index (χ4n) is 2.12. The molecule has 0 aromatic rings. The van der Waals surface area contributed by atoms with Gasteiger partial charge in [0.15, 0.2) is 0 Å². The molecule has 0 spiro atoms. The highest BCUT2D eigenvalue weighted by Crippen LogP contribution is 2.37. The quantitative estimate of drug-likeness (QED) is 0.316. The molecule has 0 aliphatic heterocycles. The van der Waals surface area contributed by atoms with Gasteiger partial charge in [-0.05, 0) is 12.8 Å². The summed E-state index contributed by atoms with van der Waals surface area (Å²) < 4.78 is 0.259. The molecule has 0 aliphatic rings. The number of rotatable bonds is 10. The first-order chi connectivity index (χ1) is 8.60. The van der Waals surface area contributed by atoms with Crippen molar-refractivity contribution in [2.45, 2.75) is 76.4 Å². The van der Waals surface area contributed by atoms with Crippen LogP contribution in [0.3, 0.4) is 0 Å². The molecule has 1 unspecified atom stereocenters. The van der Waals surface area contributed by atoms with Crippen molar-refractivity contribution in [3.63, 3.8) is 0 Å². The maximum Gasteiger partial charge on any atom is 0.108 e. The first kappa shape index (κ1) is 18.3. The van der Waals surface area contributed by atoms with Crippen molar-refractivity contribution in [3.05, 3.63) is 0 Å². The summed E-state index contributed by atoms with van der Waals surface area (Å²) in [5, 5.41) is 9.43. The highest BCUT2D eigenvalue weighted by atomic mass is 32.2. The third kappa shape index (κ3) is 8.39. The fraction of sp³-hybridized carbons (Fsp3) is 0.857. The molecule has 0 aliphatic carbocycles. The zero-order valence-corrected chi connectivity index (χ0v) is 14.1. The Bertz CT molecular complexity index is 273. The van der Waals surface area contributed by atoms with Crippen molar-refractivity contribution in [3.8, 4) is 6.07 Å². The molecule has 0 bridgehead atoms. The topological polar surface area (TPSA) is 23.8 Å². The van der Waals surface area contributed by atoms with Crippen molar-refractivity contribution in [1.29, 1.82) is 5.26 Å². The Labute approximate surface area is 128 Å². The van der Waals surface area contributed by atoms with Crippen LogP contribution in [0.15, 0.2) is 0 Å². The van der Waals surface area contributed by atoms with Gasteiger partial charge in [0.25, 0.3) is 0 Å². The van der Waals surface area contributed by atoms with E-state index >= 15 is 0 Å². The number of nitrogens with zero attached hydrogens (tertiary/aromatic N) is 1. The first-order valence-corrected chi connectivity index (χ1v) is 8.60. The van der Waals surface area contributed by atoms with Crippen LogP contribution in [-0.2, 0) is 0 Å². The Morgan fingerprint density at radius 3 is 2.22 bits per heavy atom. The van der Waals surface area contributed by atoms with E-state index in [2.05, 4.69) is 32.5 Å². The lowest BCUT2D eigenvalue weighted by Gasteiger charge is -2.24. The summed E-state index contributed by atoms with van der Waals surface area (Å²) in [6.07, 6.45) is 10.4. The monoisotopic (exact) mass is 303 g/mol. The van der Waals surface area contributed by atoms with E-state index in [4.69, 9.17) is 12.2 Å². The molecule has 0 heterocycles. The lowest BCUT2D eigenvalue weighted by atomic mass is 9.96. The fourth-order valence-corrected chi connectivity index (χ4v) is 4.06. The first-order valence-electron chi connectivity index (χ1n) is 6.93. The van der Waals surface area contributed by atoms with Crippen LogP contribution in [0.25, 0.3) is 0 Å². The molecule has 0 radical (unpaired) electrons. The van der Waals surface area contributed by atoms with Gasteiger partial charge in [-0.15, -0.1) is 12.6 Å². The largest absolute Gasteiger partial charge is 0.197 e. The molecule has 0 saturated carbocycles. The summed E-state index contributed by atoms with van der Waals surface area (Å²) in [5.74, 6) is 0. The van der Waals surface area contributed by atoms with Gasteiger partial charge in [0.05, 0.1) is 6.07 Å². The van der Waals surface area contributed by atoms with Crippen molar-refractivity contribution in [2.75, 3.05) is 0 Å². The molecule has 0 aromatic heterocycles. The predicted molar refractivity (Wildman–Crippen MR) is 90.4 cm³/mol. The minimum absolute atomic E-state index is 0.335. The molecule has 0 amide bonds. The highest BCUT2D eigenvalue weighted by Gasteiger charge is 2.30. The van der Waals surface area contributed by atoms with Crippen LogP contribution in [-0.4, -0.2) is 8.28 Å². The molecule has 0 fully saturated rings. The lowest BCUT2D eigenvalue weighted by Crippen LogP contribution is -2.23. The van der Waals surface area contributed by atoms with Crippen LogP contribution in [0.4, 0.5) is 0 Å². The maximum atomic E-state index is 9.43. The normalized spacial score (nSPS) is 13.9. The van der Waals surface area contributed by atoms with E-state index in [1.807, 2.05) is 0 Å². The minimum atomic E-state index is -0.335. The van der Waals surface area contributed by atoms with Crippen LogP contribution in [0, 0.1) is 11.3 Å². The van der Waals surface area contributed by atoms with Gasteiger partial charge in [-0.2, -0.15) is 5.26 Å². The van der Waals surface area contributed by atoms with Crippen molar-refractivity contribution in [2.24, 2.45) is 0 Å². The van der Waals surface area contributed by atoms with Crippen LogP contribution >= 0.6 is 36.6 Å². The number of unbranched alkanes of at least 4 members (excludes halogenated alkanes) is 5. The molecule has 0 N–H and O–H groups in total. The summed E-state index contributed by atoms with van der Waals surface area (Å²) in [6, 6.07) is 2.48. The van der Waals surface area contributed by atoms with Gasteiger partial charge >= 0.3 is 0 Å². The number of thiocarbonyl (C=S) groups is 1. The zero-order valence-electron chi connectivity index (χ0n) is 11.6. The van der Waals surface area contributed by atoms with Crippen LogP contribution in [0.5, 0.6) is 0 Å². The van der Waals surface area contributed by atoms with E-state index in [9.17, 15) is 5.26 Å². The summed E-state index contributed by atoms with van der Waals surface area (Å²) in [4.78, 5) is 0. The van der Waals surface area contributed by atoms with Gasteiger partial charge < -0.3 is 0 Å². The minimum Gasteiger partial charge on any atom is -0.197 e. The van der Waals surface area contributed by atoms with E-state index < -0.39 is 0 Å². The lowest BCUT2D eigenvalue weighted by molar-refractivity contribution is 0.528. The number of hydrogen-bond acceptors (Lipinski definition) is 3. The number of nitriles is 1. The number of thioether (sulfide) groups is 1. The second kappa shape index (κ2) is 11.1. The molecule has 4 heteroatoms. The Morgan fingerprint density at radius 1 is 1.11 bits per heavy atom. The third-order valence-corrected chi connectivity index (χ3v) is 4.66. The molecule has 18 heavy (non-hydrogen) atoms. The average Bonchev–Trinajstić information content (AvgIpc) is 2.33. The maximum absolute atomic E-state index is 9.43. The molecule has 0 saturated heterocycles. The summed E-state index contributed by atoms with van der Waals surface area (Å²) in [5.41, 5.74) is 0. The molecule has 1 atom stereocenters. The summed E-state index contributed by atoms with van der Waals surface area (Å²) in [7, 11) is 0. The predicted octanol–water partition coefficient (Wildman–Crippen LogP) is 5.75. The van der Waals surface area contributed by atoms with Crippen molar-refractivity contribution >= 4 is 40.1 Å². The zero-order chi connectivity index (χ0) is 13.9. The Hall–Kier alpha value is 0.280. The van der Waals surface area contributed by atoms with Gasteiger partial charge in [-0.1, -0.05) is 82.8 Å². The molecular weight excluding hydrogens is 278 g/mol. The van der Waals surface area contributed by atoms with E-state index in [0.717, 1.165) is 25.7 Å². The third-order valence-electron chi connectivity index (χ3n) is 3.07. The number of thiol groups is 1. The highest BCUT2D eigenvalue weighted by molar-refractivity contribution is 8.42.